The van der Waals surface area contributed by atoms with Gasteiger partial charge in [-0.05, 0) is 0 Å². The van der Waals surface area contributed by atoms with Crippen molar-refractivity contribution in [2.75, 3.05) is 24.9 Å². The van der Waals surface area contributed by atoms with Gasteiger partial charge in [-0.3, -0.25) is 14.4 Å². The van der Waals surface area contributed by atoms with Gasteiger partial charge in [0.15, 0.2) is 21.1 Å². The summed E-state index contributed by atoms with van der Waals surface area (Å²) in [4.78, 5) is 43.6. The van der Waals surface area contributed by atoms with Crippen LogP contribution in [0.2, 0.25) is 0 Å². The van der Waals surface area contributed by atoms with Gasteiger partial charge in [0.25, 0.3) is 11.8 Å². The number of β-lactam (4-membered cyclic amide) rings is 1. The third-order valence-corrected chi connectivity index (χ3v) is 4.85. The van der Waals surface area contributed by atoms with Crippen molar-refractivity contribution in [2.45, 2.75) is 6.04 Å². The van der Waals surface area contributed by atoms with Crippen molar-refractivity contribution in [3.63, 3.8) is 0 Å². The third-order valence-electron chi connectivity index (χ3n) is 2.98. The minimum absolute atomic E-state index is 0. The van der Waals surface area contributed by atoms with Gasteiger partial charge in [-0.25, -0.2) is 17.7 Å². The zero-order valence-corrected chi connectivity index (χ0v) is 18.4. The Balaban J connectivity index is 0.00000364. The molecule has 1 aromatic rings. The molecule has 16 heteroatoms. The van der Waals surface area contributed by atoms with Gasteiger partial charge < -0.3 is 20.0 Å². The van der Waals surface area contributed by atoms with Crippen molar-refractivity contribution < 1.29 is 61.7 Å². The number of amides is 3. The first-order chi connectivity index (χ1) is 12.2. The maximum Gasteiger partial charge on any atom is 1.00 e. The van der Waals surface area contributed by atoms with E-state index in [-0.39, 0.29) is 56.3 Å². The maximum absolute atomic E-state index is 12.3. The van der Waals surface area contributed by atoms with Gasteiger partial charge in [0.2, 0.25) is 5.91 Å². The standard InChI is InChI=1S/C11H12ClN5O7S2.Na/c1-24-16-8(6-4-25-11(14-6)15-7(18)2-12)9(19)13-5-3-17(10(5)20)26(21,22)23;/h4-5H,2-3H2,1H3,(H,13,19)(H,14,15,18)(H,21,22,23);/q;+1/p-1. The van der Waals surface area contributed by atoms with E-state index in [2.05, 4.69) is 25.6 Å². The van der Waals surface area contributed by atoms with Gasteiger partial charge in [-0.1, -0.05) is 5.16 Å². The molecular formula is C11H11ClN5NaO7S2. The molecule has 1 aromatic heterocycles. The molecule has 1 unspecified atom stereocenters. The van der Waals surface area contributed by atoms with Gasteiger partial charge >= 0.3 is 29.6 Å². The number of thiazole rings is 1. The summed E-state index contributed by atoms with van der Waals surface area (Å²) in [5.41, 5.74) is -0.273. The number of hydrogen-bond donors (Lipinski definition) is 2. The number of anilines is 1. The van der Waals surface area contributed by atoms with Crippen molar-refractivity contribution in [1.29, 1.82) is 0 Å². The van der Waals surface area contributed by atoms with Crippen molar-refractivity contribution >= 4 is 61.8 Å². The number of alkyl halides is 1. The number of carbonyl (C=O) groups is 3. The predicted octanol–water partition coefficient (Wildman–Crippen LogP) is -4.54. The van der Waals surface area contributed by atoms with E-state index < -0.39 is 40.6 Å². The zero-order valence-electron chi connectivity index (χ0n) is 14.0. The topological polar surface area (TPSA) is 170 Å². The average Bonchev–Trinajstić information content (AvgIpc) is 3.02. The van der Waals surface area contributed by atoms with Crippen molar-refractivity contribution in [3.05, 3.63) is 11.1 Å². The van der Waals surface area contributed by atoms with Crippen LogP contribution in [0, 0.1) is 0 Å². The fourth-order valence-corrected chi connectivity index (χ4v) is 3.28. The molecule has 1 saturated heterocycles. The SMILES string of the molecule is CON=C(C(=O)NC1CN(S(=O)(=O)[O-])C1=O)c1csc(NC(=O)CCl)n1.[Na+]. The summed E-state index contributed by atoms with van der Waals surface area (Å²) < 4.78 is 32.4. The van der Waals surface area contributed by atoms with Crippen molar-refractivity contribution in [1.82, 2.24) is 14.6 Å². The van der Waals surface area contributed by atoms with Crippen LogP contribution in [0.3, 0.4) is 0 Å². The van der Waals surface area contributed by atoms with E-state index >= 15 is 0 Å². The fraction of sp³-hybridized carbons (Fsp3) is 0.364. The van der Waals surface area contributed by atoms with E-state index in [4.69, 9.17) is 11.6 Å². The molecule has 1 fully saturated rings. The number of rotatable bonds is 7. The summed E-state index contributed by atoms with van der Waals surface area (Å²) in [5, 5.41) is 9.69. The summed E-state index contributed by atoms with van der Waals surface area (Å²) in [6.45, 7) is -0.481. The molecule has 12 nitrogen and oxygen atoms in total. The second kappa shape index (κ2) is 9.77. The van der Waals surface area contributed by atoms with Crippen LogP contribution in [0.5, 0.6) is 0 Å². The second-order valence-corrected chi connectivity index (χ2v) is 7.12. The van der Waals surface area contributed by atoms with E-state index in [9.17, 15) is 27.4 Å². The molecule has 0 saturated carbocycles. The van der Waals surface area contributed by atoms with Crippen molar-refractivity contribution in [2.24, 2.45) is 5.16 Å². The maximum atomic E-state index is 12.3. The number of carbonyl (C=O) groups excluding carboxylic acids is 3. The number of nitrogens with zero attached hydrogens (tertiary/aromatic N) is 3. The summed E-state index contributed by atoms with van der Waals surface area (Å²) in [6.07, 6.45) is 0. The molecule has 0 bridgehead atoms. The largest absolute Gasteiger partial charge is 1.00 e. The number of oxime groups is 1. The molecule has 2 rings (SSSR count). The molecule has 1 atom stereocenters. The molecule has 0 aliphatic carbocycles. The Labute approximate surface area is 184 Å². The molecule has 0 aromatic carbocycles. The minimum atomic E-state index is -4.91. The number of aromatic nitrogens is 1. The number of hydrogen-bond acceptors (Lipinski definition) is 10. The summed E-state index contributed by atoms with van der Waals surface area (Å²) in [6, 6.07) is -1.19. The molecule has 1 aliphatic heterocycles. The molecular weight excluding hydrogens is 437 g/mol. The second-order valence-electron chi connectivity index (χ2n) is 4.70. The van der Waals surface area contributed by atoms with Crippen LogP contribution >= 0.6 is 22.9 Å². The van der Waals surface area contributed by atoms with Crippen LogP contribution in [-0.2, 0) is 29.5 Å². The van der Waals surface area contributed by atoms with E-state index in [1.807, 2.05) is 0 Å². The quantitative estimate of drug-likeness (QED) is 0.105. The molecule has 0 spiro atoms. The molecule has 142 valence electrons. The average molecular weight is 448 g/mol. The van der Waals surface area contributed by atoms with Crippen LogP contribution in [0.15, 0.2) is 10.5 Å². The number of nitrogens with one attached hydrogen (secondary N) is 2. The van der Waals surface area contributed by atoms with Crippen LogP contribution in [-0.4, -0.2) is 71.3 Å². The Morgan fingerprint density at radius 2 is 2.22 bits per heavy atom. The van der Waals surface area contributed by atoms with E-state index in [0.29, 0.717) is 0 Å². The molecule has 3 amide bonds. The number of halogens is 1. The van der Waals surface area contributed by atoms with Gasteiger partial charge in [-0.2, -0.15) is 0 Å². The van der Waals surface area contributed by atoms with Gasteiger partial charge in [0, 0.05) is 5.38 Å². The Morgan fingerprint density at radius 1 is 1.56 bits per heavy atom. The summed E-state index contributed by atoms with van der Waals surface area (Å²) in [5.74, 6) is -2.72. The Bertz CT molecular complexity index is 874. The molecule has 1 aliphatic rings. The van der Waals surface area contributed by atoms with Crippen LogP contribution in [0.4, 0.5) is 5.13 Å². The van der Waals surface area contributed by atoms with E-state index in [1.165, 1.54) is 12.5 Å². The fourth-order valence-electron chi connectivity index (χ4n) is 1.82. The normalized spacial score (nSPS) is 16.9. The van der Waals surface area contributed by atoms with Gasteiger partial charge in [-0.15, -0.1) is 22.9 Å². The van der Waals surface area contributed by atoms with Crippen molar-refractivity contribution in [3.8, 4) is 0 Å². The third kappa shape index (κ3) is 5.84. The predicted molar refractivity (Wildman–Crippen MR) is 88.4 cm³/mol. The van der Waals surface area contributed by atoms with Crippen LogP contribution < -0.4 is 40.2 Å². The first kappa shape index (κ1) is 23.7. The Hall–Kier alpha value is -1.29. The summed E-state index contributed by atoms with van der Waals surface area (Å²) >= 11 is 6.36. The van der Waals surface area contributed by atoms with Crippen LogP contribution in [0.1, 0.15) is 5.69 Å². The first-order valence-electron chi connectivity index (χ1n) is 6.68. The van der Waals surface area contributed by atoms with E-state index in [1.54, 1.807) is 0 Å². The zero-order chi connectivity index (χ0) is 19.5. The Kier molecular flexibility index (Phi) is 8.59. The smallest absolute Gasteiger partial charge is 0.731 e. The first-order valence-corrected chi connectivity index (χ1v) is 9.46. The molecule has 2 heterocycles. The Morgan fingerprint density at radius 3 is 2.74 bits per heavy atom. The molecule has 27 heavy (non-hydrogen) atoms. The van der Waals surface area contributed by atoms with Crippen LogP contribution in [0.25, 0.3) is 0 Å². The molecule has 0 radical (unpaired) electrons. The monoisotopic (exact) mass is 447 g/mol. The minimum Gasteiger partial charge on any atom is -0.731 e. The van der Waals surface area contributed by atoms with Gasteiger partial charge in [0.05, 0.1) is 6.54 Å². The molecule has 2 N–H and O–H groups in total. The summed E-state index contributed by atoms with van der Waals surface area (Å²) in [7, 11) is -3.73. The van der Waals surface area contributed by atoms with E-state index in [0.717, 1.165) is 11.3 Å². The van der Waals surface area contributed by atoms with Gasteiger partial charge in [0.1, 0.15) is 24.7 Å².